The molecule has 0 heterocycles. The van der Waals surface area contributed by atoms with Crippen molar-refractivity contribution >= 4 is 25.2 Å². The number of benzene rings is 2. The first-order valence-electron chi connectivity index (χ1n) is 7.56. The molecule has 148 valence electrons. The van der Waals surface area contributed by atoms with E-state index in [4.69, 9.17) is 4.74 Å². The Morgan fingerprint density at radius 3 is 1.73 bits per heavy atom. The fraction of sp³-hybridized carbons (Fsp3) is 0.294. The van der Waals surface area contributed by atoms with Crippen molar-refractivity contribution < 1.29 is 21.6 Å². The summed E-state index contributed by atoms with van der Waals surface area (Å²) in [5, 5.41) is 0. The van der Waals surface area contributed by atoms with E-state index in [1.807, 2.05) is 12.1 Å². The Bertz CT molecular complexity index is 730. The van der Waals surface area contributed by atoms with Crippen molar-refractivity contribution in [2.75, 3.05) is 21.2 Å². The van der Waals surface area contributed by atoms with E-state index in [2.05, 4.69) is 57.4 Å². The van der Waals surface area contributed by atoms with Gasteiger partial charge in [0.2, 0.25) is 0 Å². The molecule has 0 N–H and O–H groups in total. The van der Waals surface area contributed by atoms with Gasteiger partial charge in [-0.05, 0) is 37.3 Å². The van der Waals surface area contributed by atoms with Crippen molar-refractivity contribution in [3.8, 4) is 5.75 Å². The second-order valence-electron chi connectivity index (χ2n) is 6.44. The van der Waals surface area contributed by atoms with E-state index in [-0.39, 0.29) is 0 Å². The summed E-state index contributed by atoms with van der Waals surface area (Å²) in [6, 6.07) is 16.9. The molecule has 0 saturated carbocycles. The van der Waals surface area contributed by atoms with E-state index in [9.17, 15) is 16.9 Å². The summed E-state index contributed by atoms with van der Waals surface area (Å²) in [6.07, 6.45) is 0. The number of halogens is 6. The Morgan fingerprint density at radius 2 is 1.31 bits per heavy atom. The van der Waals surface area contributed by atoms with Gasteiger partial charge in [0.1, 0.15) is 18.0 Å². The molecule has 2 nitrogen and oxygen atoms in total. The van der Waals surface area contributed by atoms with Gasteiger partial charge in [0.15, 0.2) is 0 Å². The van der Waals surface area contributed by atoms with E-state index in [0.717, 1.165) is 16.8 Å². The molecule has 2 aromatic carbocycles. The molecular formula is C17H22F6NOSb. The van der Waals surface area contributed by atoms with E-state index in [1.165, 1.54) is 16.8 Å². The van der Waals surface area contributed by atoms with Crippen LogP contribution in [0.25, 0.3) is 0 Å². The number of ether oxygens (including phenoxy) is 1. The molecule has 9 heteroatoms. The number of rotatable bonds is 4. The molecule has 0 radical (unpaired) electrons. The van der Waals surface area contributed by atoms with Gasteiger partial charge in [0.25, 0.3) is 0 Å². The van der Waals surface area contributed by atoms with Crippen LogP contribution in [-0.2, 0) is 6.54 Å². The number of aryl methyl sites for hydroxylation is 1. The van der Waals surface area contributed by atoms with Gasteiger partial charge in [-0.1, -0.05) is 18.2 Å². The van der Waals surface area contributed by atoms with E-state index in [0.29, 0.717) is 0 Å². The SMILES string of the molecule is COc1ccc(C[N+](C)(C)c2ccccc2C)cc1.[F][Sb-]([F])([F])([F])([F])[F]. The Kier molecular flexibility index (Phi) is 6.06. The molecule has 2 rings (SSSR count). The molecule has 0 amide bonds. The second kappa shape index (κ2) is 6.96. The van der Waals surface area contributed by atoms with Crippen LogP contribution in [0, 0.1) is 6.92 Å². The Balaban J connectivity index is 0.000000412. The summed E-state index contributed by atoms with van der Waals surface area (Å²) >= 11 is -11.2. The van der Waals surface area contributed by atoms with Crippen molar-refractivity contribution in [1.82, 2.24) is 4.48 Å². The van der Waals surface area contributed by atoms with Gasteiger partial charge in [0, 0.05) is 11.1 Å². The standard InChI is InChI=1S/C17H22NO.6FH.Sb/c1-14-7-5-6-8-17(14)18(2,3)13-15-9-11-16(19-4)12-10-15;;;;;;;/h5-12H,13H2,1-4H3;6*1H;/q+1;;;;;;;+5/p-6. The molecule has 26 heavy (non-hydrogen) atoms. The summed E-state index contributed by atoms with van der Waals surface area (Å²) < 4.78 is 65.6. The van der Waals surface area contributed by atoms with Crippen LogP contribution in [0.5, 0.6) is 5.75 Å². The predicted octanol–water partition coefficient (Wildman–Crippen LogP) is 5.91. The minimum absolute atomic E-state index is 0.846. The quantitative estimate of drug-likeness (QED) is 0.293. The number of hydrogen-bond donors (Lipinski definition) is 0. The first-order chi connectivity index (χ1) is 11.5. The maximum absolute atomic E-state index is 11.2. The zero-order valence-electron chi connectivity index (χ0n) is 14.9. The molecule has 0 atom stereocenters. The fourth-order valence-electron chi connectivity index (χ4n) is 2.52. The summed E-state index contributed by atoms with van der Waals surface area (Å²) in [5.41, 5.74) is 4.01. The zero-order chi connectivity index (χ0) is 20.3. The molecule has 0 aliphatic heterocycles. The van der Waals surface area contributed by atoms with Gasteiger partial charge in [-0.25, -0.2) is 0 Å². The van der Waals surface area contributed by atoms with Crippen LogP contribution in [0.4, 0.5) is 22.6 Å². The summed E-state index contributed by atoms with van der Waals surface area (Å²) in [6.45, 7) is 3.14. The predicted molar refractivity (Wildman–Crippen MR) is 93.9 cm³/mol. The van der Waals surface area contributed by atoms with Crippen molar-refractivity contribution in [3.63, 3.8) is 0 Å². The van der Waals surface area contributed by atoms with E-state index in [1.54, 1.807) is 7.11 Å². The molecule has 0 aliphatic carbocycles. The Labute approximate surface area is 151 Å². The van der Waals surface area contributed by atoms with Gasteiger partial charge in [-0.3, -0.25) is 4.48 Å². The molecule has 2 aromatic rings. The topological polar surface area (TPSA) is 9.23 Å². The number of nitrogens with zero attached hydrogens (tertiary/aromatic N) is 1. The molecular weight excluding hydrogens is 470 g/mol. The molecule has 0 aromatic heterocycles. The molecule has 0 spiro atoms. The van der Waals surface area contributed by atoms with Crippen LogP contribution in [0.15, 0.2) is 48.5 Å². The van der Waals surface area contributed by atoms with Gasteiger partial charge in [-0.2, -0.15) is 0 Å². The average molecular weight is 492 g/mol. The Morgan fingerprint density at radius 1 is 0.846 bits per heavy atom. The van der Waals surface area contributed by atoms with Crippen molar-refractivity contribution in [2.45, 2.75) is 13.5 Å². The van der Waals surface area contributed by atoms with Crippen molar-refractivity contribution in [2.24, 2.45) is 0 Å². The third-order valence-corrected chi connectivity index (χ3v) is 3.50. The van der Waals surface area contributed by atoms with Gasteiger partial charge >= 0.3 is 36.4 Å². The normalized spacial score (nSPS) is 14.5. The average Bonchev–Trinajstić information content (AvgIpc) is 2.44. The monoisotopic (exact) mass is 491 g/mol. The number of hydrogen-bond acceptors (Lipinski definition) is 1. The first kappa shape index (κ1) is 22.6. The van der Waals surface area contributed by atoms with Crippen molar-refractivity contribution in [3.05, 3.63) is 59.7 Å². The summed E-state index contributed by atoms with van der Waals surface area (Å²) in [4.78, 5) is 0. The third-order valence-electron chi connectivity index (χ3n) is 3.50. The molecule has 0 aliphatic rings. The van der Waals surface area contributed by atoms with Crippen LogP contribution in [0.1, 0.15) is 11.1 Å². The maximum atomic E-state index is 9.93. The Hall–Kier alpha value is -1.40. The molecule has 0 fully saturated rings. The molecule has 0 bridgehead atoms. The van der Waals surface area contributed by atoms with Crippen LogP contribution >= 0.6 is 0 Å². The van der Waals surface area contributed by atoms with Crippen LogP contribution < -0.4 is 9.22 Å². The number of methoxy groups -OCH3 is 1. The number of quaternary nitrogens is 1. The zero-order valence-corrected chi connectivity index (χ0v) is 17.4. The van der Waals surface area contributed by atoms with Crippen LogP contribution in [-0.4, -0.2) is 40.7 Å². The van der Waals surface area contributed by atoms with Crippen LogP contribution in [0.3, 0.4) is 0 Å². The first-order valence-corrected chi connectivity index (χ1v) is 13.4. The molecule has 0 saturated heterocycles. The van der Waals surface area contributed by atoms with E-state index < -0.39 is 19.5 Å². The van der Waals surface area contributed by atoms with Crippen molar-refractivity contribution in [1.29, 1.82) is 0 Å². The van der Waals surface area contributed by atoms with Gasteiger partial charge < -0.3 is 4.74 Å². The molecule has 0 unspecified atom stereocenters. The second-order valence-corrected chi connectivity index (χ2v) is 11.9. The van der Waals surface area contributed by atoms with Gasteiger partial charge in [0.05, 0.1) is 21.2 Å². The minimum atomic E-state index is -11.2. The fourth-order valence-corrected chi connectivity index (χ4v) is 2.52. The summed E-state index contributed by atoms with van der Waals surface area (Å²) in [5.74, 6) is 0.907. The van der Waals surface area contributed by atoms with E-state index >= 15 is 0 Å². The van der Waals surface area contributed by atoms with Crippen LogP contribution in [0.2, 0.25) is 0 Å². The van der Waals surface area contributed by atoms with Gasteiger partial charge in [-0.15, -0.1) is 0 Å². The number of para-hydroxylation sites is 1. The summed E-state index contributed by atoms with van der Waals surface area (Å²) in [7, 11) is 6.18. The third kappa shape index (κ3) is 9.92.